The minimum atomic E-state index is 0.105. The van der Waals surface area contributed by atoms with Crippen LogP contribution in [0.25, 0.3) is 0 Å². The van der Waals surface area contributed by atoms with Crippen molar-refractivity contribution >= 4 is 12.0 Å². The molecule has 0 amide bonds. The number of hydrogen-bond acceptors (Lipinski definition) is 2. The van der Waals surface area contributed by atoms with Gasteiger partial charge in [0.05, 0.1) is 0 Å². The average Bonchev–Trinajstić information content (AvgIpc) is 2.45. The van der Waals surface area contributed by atoms with Gasteiger partial charge in [0, 0.05) is 18.8 Å². The molecule has 0 aromatic heterocycles. The summed E-state index contributed by atoms with van der Waals surface area (Å²) in [5.74, 6) is 0.105. The second-order valence-corrected chi connectivity index (χ2v) is 4.41. The Bertz CT molecular complexity index is 536. The van der Waals surface area contributed by atoms with Crippen LogP contribution in [0.1, 0.15) is 36.7 Å². The molecule has 0 heterocycles. The van der Waals surface area contributed by atoms with Gasteiger partial charge in [-0.2, -0.15) is 0 Å². The fourth-order valence-electron chi connectivity index (χ4n) is 1.83. The van der Waals surface area contributed by atoms with Gasteiger partial charge in [0.15, 0.2) is 5.78 Å². The molecule has 0 atom stereocenters. The van der Waals surface area contributed by atoms with Gasteiger partial charge in [-0.05, 0) is 43.1 Å². The molecule has 0 radical (unpaired) electrons. The molecule has 19 heavy (non-hydrogen) atoms. The van der Waals surface area contributed by atoms with Crippen molar-refractivity contribution in [1.29, 1.82) is 0 Å². The topological polar surface area (TPSA) is 29.4 Å². The van der Waals surface area contributed by atoms with E-state index in [1.807, 2.05) is 50.3 Å². The summed E-state index contributed by atoms with van der Waals surface area (Å²) in [6, 6.07) is 7.79. The molecule has 0 fully saturated rings. The first-order chi connectivity index (χ1) is 9.11. The van der Waals surface area contributed by atoms with Crippen LogP contribution in [0, 0.1) is 0 Å². The molecular formula is C17H21NO. The van der Waals surface area contributed by atoms with Crippen LogP contribution < -0.4 is 0 Å². The lowest BCUT2D eigenvalue weighted by Crippen LogP contribution is -2.06. The molecule has 0 N–H and O–H groups in total. The zero-order chi connectivity index (χ0) is 14.3. The van der Waals surface area contributed by atoms with Gasteiger partial charge in [0.25, 0.3) is 0 Å². The maximum absolute atomic E-state index is 12.5. The molecule has 0 saturated heterocycles. The molecule has 0 bridgehead atoms. The number of hydrogen-bond donors (Lipinski definition) is 0. The number of aryl methyl sites for hydroxylation is 1. The Labute approximate surface area is 115 Å². The van der Waals surface area contributed by atoms with Crippen LogP contribution in [-0.4, -0.2) is 19.0 Å². The Balaban J connectivity index is 3.08. The van der Waals surface area contributed by atoms with Crippen LogP contribution in [0.4, 0.5) is 0 Å². The Kier molecular flexibility index (Phi) is 5.94. The van der Waals surface area contributed by atoms with E-state index < -0.39 is 0 Å². The van der Waals surface area contributed by atoms with Crippen LogP contribution in [0.5, 0.6) is 0 Å². The molecule has 0 unspecified atom stereocenters. The van der Waals surface area contributed by atoms with Crippen LogP contribution in [0.15, 0.2) is 52.6 Å². The number of rotatable bonds is 5. The quantitative estimate of drug-likeness (QED) is 0.338. The van der Waals surface area contributed by atoms with E-state index in [2.05, 4.69) is 11.9 Å². The number of carbonyl (C=O) groups excluding carboxylic acids is 1. The first-order valence-corrected chi connectivity index (χ1v) is 6.50. The van der Waals surface area contributed by atoms with E-state index in [1.165, 1.54) is 0 Å². The van der Waals surface area contributed by atoms with E-state index in [-0.39, 0.29) is 5.78 Å². The molecule has 1 aromatic carbocycles. The minimum absolute atomic E-state index is 0.105. The second kappa shape index (κ2) is 7.47. The molecular weight excluding hydrogens is 234 g/mol. The SMILES string of the molecule is CCc1ccccc1C(=O)/C(C)=C(C)/C=C\C=NC. The lowest BCUT2D eigenvalue weighted by Gasteiger charge is -2.08. The van der Waals surface area contributed by atoms with E-state index in [0.29, 0.717) is 0 Å². The van der Waals surface area contributed by atoms with E-state index in [0.717, 1.165) is 28.7 Å². The van der Waals surface area contributed by atoms with Crippen LogP contribution in [0.2, 0.25) is 0 Å². The highest BCUT2D eigenvalue weighted by atomic mass is 16.1. The third kappa shape index (κ3) is 4.02. The maximum atomic E-state index is 12.5. The zero-order valence-electron chi connectivity index (χ0n) is 12.1. The summed E-state index contributed by atoms with van der Waals surface area (Å²) in [7, 11) is 1.72. The zero-order valence-corrected chi connectivity index (χ0v) is 12.1. The number of allylic oxidation sites excluding steroid dienone is 4. The molecule has 0 saturated carbocycles. The minimum Gasteiger partial charge on any atom is -0.297 e. The predicted molar refractivity (Wildman–Crippen MR) is 82.1 cm³/mol. The van der Waals surface area contributed by atoms with Gasteiger partial charge in [-0.1, -0.05) is 37.3 Å². The van der Waals surface area contributed by atoms with E-state index in [1.54, 1.807) is 13.3 Å². The summed E-state index contributed by atoms with van der Waals surface area (Å²) in [6.07, 6.45) is 6.33. The molecule has 1 rings (SSSR count). The molecule has 0 aliphatic heterocycles. The maximum Gasteiger partial charge on any atom is 0.189 e. The number of ketones is 1. The van der Waals surface area contributed by atoms with Crippen molar-refractivity contribution in [2.75, 3.05) is 7.05 Å². The molecule has 2 nitrogen and oxygen atoms in total. The Morgan fingerprint density at radius 1 is 1.26 bits per heavy atom. The first kappa shape index (κ1) is 15.1. The first-order valence-electron chi connectivity index (χ1n) is 6.50. The number of carbonyl (C=O) groups is 1. The van der Waals surface area contributed by atoms with E-state index in [4.69, 9.17) is 0 Å². The molecule has 1 aromatic rings. The molecule has 0 aliphatic rings. The third-order valence-electron chi connectivity index (χ3n) is 3.16. The van der Waals surface area contributed by atoms with Crippen molar-refractivity contribution in [2.45, 2.75) is 27.2 Å². The number of nitrogens with zero attached hydrogens (tertiary/aromatic N) is 1. The van der Waals surface area contributed by atoms with Gasteiger partial charge in [0.2, 0.25) is 0 Å². The highest BCUT2D eigenvalue weighted by Crippen LogP contribution is 2.17. The standard InChI is InChI=1S/C17H21NO/c1-5-15-10-6-7-11-16(15)17(19)14(3)13(2)9-8-12-18-4/h6-12H,5H2,1-4H3/b9-8-,14-13+,18-12?. The highest BCUT2D eigenvalue weighted by Gasteiger charge is 2.12. The van der Waals surface area contributed by atoms with Gasteiger partial charge in [0.1, 0.15) is 0 Å². The summed E-state index contributed by atoms with van der Waals surface area (Å²) in [6.45, 7) is 5.88. The number of Topliss-reactive ketones (excluding diaryl/α,β-unsaturated/α-hetero) is 1. The lowest BCUT2D eigenvalue weighted by molar-refractivity contribution is 0.103. The third-order valence-corrected chi connectivity index (χ3v) is 3.16. The largest absolute Gasteiger partial charge is 0.297 e. The van der Waals surface area contributed by atoms with Gasteiger partial charge in [-0.3, -0.25) is 9.79 Å². The number of aliphatic imine (C=N–C) groups is 1. The fourth-order valence-corrected chi connectivity index (χ4v) is 1.83. The molecule has 2 heteroatoms. The Morgan fingerprint density at radius 3 is 2.58 bits per heavy atom. The monoisotopic (exact) mass is 255 g/mol. The van der Waals surface area contributed by atoms with Gasteiger partial charge in [-0.25, -0.2) is 0 Å². The Hall–Kier alpha value is -1.96. The van der Waals surface area contributed by atoms with Crippen LogP contribution in [0.3, 0.4) is 0 Å². The summed E-state index contributed by atoms with van der Waals surface area (Å²) < 4.78 is 0. The molecule has 0 spiro atoms. The molecule has 100 valence electrons. The average molecular weight is 255 g/mol. The van der Waals surface area contributed by atoms with Crippen molar-refractivity contribution in [1.82, 2.24) is 0 Å². The number of benzene rings is 1. The normalized spacial score (nSPS) is 13.1. The van der Waals surface area contributed by atoms with Crippen LogP contribution in [-0.2, 0) is 6.42 Å². The van der Waals surface area contributed by atoms with Crippen molar-refractivity contribution in [3.05, 3.63) is 58.7 Å². The van der Waals surface area contributed by atoms with Gasteiger partial charge in [-0.15, -0.1) is 0 Å². The summed E-state index contributed by atoms with van der Waals surface area (Å²) in [4.78, 5) is 16.4. The van der Waals surface area contributed by atoms with Crippen molar-refractivity contribution in [3.63, 3.8) is 0 Å². The second-order valence-electron chi connectivity index (χ2n) is 4.41. The van der Waals surface area contributed by atoms with Crippen molar-refractivity contribution in [3.8, 4) is 0 Å². The fraction of sp³-hybridized carbons (Fsp3) is 0.294. The highest BCUT2D eigenvalue weighted by molar-refractivity contribution is 6.10. The summed E-state index contributed by atoms with van der Waals surface area (Å²) in [5, 5.41) is 0. The van der Waals surface area contributed by atoms with Gasteiger partial charge < -0.3 is 0 Å². The van der Waals surface area contributed by atoms with Crippen molar-refractivity contribution in [2.24, 2.45) is 4.99 Å². The van der Waals surface area contributed by atoms with Gasteiger partial charge >= 0.3 is 0 Å². The van der Waals surface area contributed by atoms with Crippen LogP contribution >= 0.6 is 0 Å². The Morgan fingerprint density at radius 2 is 1.95 bits per heavy atom. The summed E-state index contributed by atoms with van der Waals surface area (Å²) >= 11 is 0. The smallest absolute Gasteiger partial charge is 0.189 e. The van der Waals surface area contributed by atoms with E-state index in [9.17, 15) is 4.79 Å². The predicted octanol–water partition coefficient (Wildman–Crippen LogP) is 4.02. The lowest BCUT2D eigenvalue weighted by atomic mass is 9.95. The van der Waals surface area contributed by atoms with E-state index >= 15 is 0 Å². The molecule has 0 aliphatic carbocycles. The summed E-state index contributed by atoms with van der Waals surface area (Å²) in [5.41, 5.74) is 3.65. The van der Waals surface area contributed by atoms with Crippen molar-refractivity contribution < 1.29 is 4.79 Å².